The number of carbonyl (C=O) groups is 1. The van der Waals surface area contributed by atoms with Crippen molar-refractivity contribution in [3.63, 3.8) is 0 Å². The molecule has 1 aliphatic heterocycles. The summed E-state index contributed by atoms with van der Waals surface area (Å²) in [5, 5.41) is 26.6. The maximum Gasteiger partial charge on any atom is 0.226 e. The highest BCUT2D eigenvalue weighted by molar-refractivity contribution is 7.99. The van der Waals surface area contributed by atoms with Gasteiger partial charge in [-0.3, -0.25) is 9.89 Å². The fourth-order valence-corrected chi connectivity index (χ4v) is 5.48. The largest absolute Gasteiger partial charge is 0.369 e. The van der Waals surface area contributed by atoms with Crippen LogP contribution in [-0.2, 0) is 4.79 Å². The molecule has 1 aliphatic rings. The Morgan fingerprint density at radius 3 is 2.68 bits per heavy atom. The lowest BCUT2D eigenvalue weighted by atomic mass is 9.96. The third kappa shape index (κ3) is 9.36. The predicted octanol–water partition coefficient (Wildman–Crippen LogP) is 3.55. The minimum Gasteiger partial charge on any atom is -0.369 e. The number of thioether (sulfide) groups is 1. The first kappa shape index (κ1) is 29.5. The lowest BCUT2D eigenvalue weighted by Crippen LogP contribution is -2.39. The van der Waals surface area contributed by atoms with E-state index in [9.17, 15) is 4.79 Å². The van der Waals surface area contributed by atoms with Gasteiger partial charge in [0.15, 0.2) is 5.82 Å². The number of aryl methyl sites for hydroxylation is 1. The molecule has 208 valence electrons. The van der Waals surface area contributed by atoms with E-state index >= 15 is 0 Å². The number of primary amides is 1. The summed E-state index contributed by atoms with van der Waals surface area (Å²) in [6.45, 7) is 8.42. The topological polar surface area (TPSA) is 161 Å². The van der Waals surface area contributed by atoms with E-state index in [2.05, 4.69) is 51.0 Å². The van der Waals surface area contributed by atoms with E-state index in [0.29, 0.717) is 62.5 Å². The van der Waals surface area contributed by atoms with Crippen LogP contribution in [-0.4, -0.2) is 69.3 Å². The van der Waals surface area contributed by atoms with Crippen molar-refractivity contribution in [3.05, 3.63) is 17.8 Å². The van der Waals surface area contributed by atoms with Crippen molar-refractivity contribution in [1.82, 2.24) is 25.5 Å². The first-order chi connectivity index (χ1) is 18.4. The number of carbonyl (C=O) groups excluding carboxylic acids is 1. The third-order valence-electron chi connectivity index (χ3n) is 6.63. The Hall–Kier alpha value is -3.04. The van der Waals surface area contributed by atoms with Crippen LogP contribution >= 0.6 is 11.8 Å². The number of anilines is 4. The molecule has 2 aromatic heterocycles. The van der Waals surface area contributed by atoms with Gasteiger partial charge in [0.1, 0.15) is 11.6 Å². The van der Waals surface area contributed by atoms with Gasteiger partial charge < -0.3 is 26.6 Å². The van der Waals surface area contributed by atoms with E-state index in [-0.39, 0.29) is 17.9 Å². The van der Waals surface area contributed by atoms with E-state index in [1.54, 1.807) is 0 Å². The standard InChI is InChI=1S/C26H42N10OS/c1-4-13-38-17-21(15-20(5-2)29-10-6-9-27)30-26-32-22(31-23-14-18(3)34-35-23)16-24(33-26)36-11-7-19(8-12-36)25(28)37/h14,16,19-21,29H,4-8,10-13,15,17H2,1-3H3,(H2,28,37)(H3,30,31,32,33,34,35). The van der Waals surface area contributed by atoms with Gasteiger partial charge in [0, 0.05) is 67.6 Å². The summed E-state index contributed by atoms with van der Waals surface area (Å²) in [5.74, 6) is 4.42. The molecule has 2 unspecified atom stereocenters. The van der Waals surface area contributed by atoms with E-state index in [0.717, 1.165) is 42.3 Å². The SMILES string of the molecule is CCCSCC(CC(CC)NCCC#N)Nc1nc(Nc2cc(C)[nH]n2)cc(N2CCC(C(N)=O)CC2)n1. The molecule has 0 aromatic carbocycles. The monoisotopic (exact) mass is 542 g/mol. The molecule has 38 heavy (non-hydrogen) atoms. The van der Waals surface area contributed by atoms with Crippen molar-refractivity contribution in [2.45, 2.75) is 71.4 Å². The van der Waals surface area contributed by atoms with E-state index in [1.807, 2.05) is 30.8 Å². The summed E-state index contributed by atoms with van der Waals surface area (Å²) in [7, 11) is 0. The van der Waals surface area contributed by atoms with Crippen LogP contribution in [0.1, 0.15) is 58.1 Å². The van der Waals surface area contributed by atoms with Crippen LogP contribution in [0.4, 0.5) is 23.4 Å². The van der Waals surface area contributed by atoms with Crippen LogP contribution in [0.5, 0.6) is 0 Å². The van der Waals surface area contributed by atoms with Crippen LogP contribution in [0.2, 0.25) is 0 Å². The molecule has 3 rings (SSSR count). The van der Waals surface area contributed by atoms with Gasteiger partial charge in [-0.15, -0.1) is 0 Å². The second kappa shape index (κ2) is 15.4. The van der Waals surface area contributed by atoms with E-state index in [1.165, 1.54) is 0 Å². The van der Waals surface area contributed by atoms with Crippen molar-refractivity contribution in [2.24, 2.45) is 11.7 Å². The zero-order valence-corrected chi connectivity index (χ0v) is 23.6. The van der Waals surface area contributed by atoms with Gasteiger partial charge in [0.05, 0.1) is 6.07 Å². The Labute approximate surface area is 230 Å². The highest BCUT2D eigenvalue weighted by Gasteiger charge is 2.25. The number of nitrogens with zero attached hydrogens (tertiary/aromatic N) is 5. The molecule has 0 spiro atoms. The summed E-state index contributed by atoms with van der Waals surface area (Å²) in [5.41, 5.74) is 6.50. The molecule has 0 radical (unpaired) electrons. The maximum atomic E-state index is 11.7. The van der Waals surface area contributed by atoms with Gasteiger partial charge >= 0.3 is 0 Å². The first-order valence-electron chi connectivity index (χ1n) is 13.6. The van der Waals surface area contributed by atoms with Gasteiger partial charge in [-0.2, -0.15) is 32.1 Å². The molecular formula is C26H42N10OS. The first-order valence-corrected chi connectivity index (χ1v) is 14.7. The number of aromatic nitrogens is 4. The van der Waals surface area contributed by atoms with Crippen molar-refractivity contribution in [3.8, 4) is 6.07 Å². The Morgan fingerprint density at radius 2 is 2.05 bits per heavy atom. The molecule has 1 saturated heterocycles. The Morgan fingerprint density at radius 1 is 1.26 bits per heavy atom. The van der Waals surface area contributed by atoms with Crippen LogP contribution in [0.25, 0.3) is 0 Å². The van der Waals surface area contributed by atoms with Gasteiger partial charge in [-0.1, -0.05) is 13.8 Å². The maximum absolute atomic E-state index is 11.7. The van der Waals surface area contributed by atoms with Gasteiger partial charge in [-0.25, -0.2) is 0 Å². The number of nitrogens with one attached hydrogen (secondary N) is 4. The zero-order valence-electron chi connectivity index (χ0n) is 22.8. The minimum atomic E-state index is -0.229. The molecule has 1 fully saturated rings. The molecule has 2 atom stereocenters. The number of hydrogen-bond donors (Lipinski definition) is 5. The van der Waals surface area contributed by atoms with Gasteiger partial charge in [-0.05, 0) is 44.8 Å². The fourth-order valence-electron chi connectivity index (χ4n) is 4.52. The number of aromatic amines is 1. The third-order valence-corrected chi connectivity index (χ3v) is 7.96. The number of nitriles is 1. The lowest BCUT2D eigenvalue weighted by molar-refractivity contribution is -0.122. The van der Waals surface area contributed by atoms with Crippen molar-refractivity contribution < 1.29 is 4.79 Å². The molecule has 0 bridgehead atoms. The Balaban J connectivity index is 1.81. The number of rotatable bonds is 16. The van der Waals surface area contributed by atoms with E-state index < -0.39 is 0 Å². The number of nitrogens with two attached hydrogens (primary N) is 1. The predicted molar refractivity (Wildman–Crippen MR) is 155 cm³/mol. The van der Waals surface area contributed by atoms with Crippen molar-refractivity contribution >= 4 is 41.1 Å². The van der Waals surface area contributed by atoms with Crippen LogP contribution in [0.3, 0.4) is 0 Å². The van der Waals surface area contributed by atoms with Gasteiger partial charge in [0.25, 0.3) is 0 Å². The Kier molecular flexibility index (Phi) is 12.0. The van der Waals surface area contributed by atoms with Crippen LogP contribution in [0, 0.1) is 24.2 Å². The summed E-state index contributed by atoms with van der Waals surface area (Å²) in [6.07, 6.45) is 4.93. The molecule has 0 aliphatic carbocycles. The Bertz CT molecular complexity index is 1050. The second-order valence-electron chi connectivity index (χ2n) is 9.78. The number of amides is 1. The molecule has 6 N–H and O–H groups in total. The molecule has 0 saturated carbocycles. The average Bonchev–Trinajstić information content (AvgIpc) is 3.32. The number of H-pyrrole nitrogens is 1. The summed E-state index contributed by atoms with van der Waals surface area (Å²) >= 11 is 1.92. The molecular weight excluding hydrogens is 500 g/mol. The molecule has 1 amide bonds. The fraction of sp³-hybridized carbons (Fsp3) is 0.654. The molecule has 11 nitrogen and oxygen atoms in total. The number of hydrogen-bond acceptors (Lipinski definition) is 10. The summed E-state index contributed by atoms with van der Waals surface area (Å²) < 4.78 is 0. The summed E-state index contributed by atoms with van der Waals surface area (Å²) in [4.78, 5) is 23.5. The lowest BCUT2D eigenvalue weighted by Gasteiger charge is -2.32. The van der Waals surface area contributed by atoms with E-state index in [4.69, 9.17) is 21.0 Å². The summed E-state index contributed by atoms with van der Waals surface area (Å²) in [6, 6.07) is 6.52. The highest BCUT2D eigenvalue weighted by atomic mass is 32.2. The quantitative estimate of drug-likeness (QED) is 0.198. The highest BCUT2D eigenvalue weighted by Crippen LogP contribution is 2.26. The van der Waals surface area contributed by atoms with Gasteiger partial charge in [0.2, 0.25) is 11.9 Å². The molecule has 2 aromatic rings. The zero-order chi connectivity index (χ0) is 27.3. The smallest absolute Gasteiger partial charge is 0.226 e. The van der Waals surface area contributed by atoms with Crippen molar-refractivity contribution in [1.29, 1.82) is 5.26 Å². The van der Waals surface area contributed by atoms with Crippen LogP contribution < -0.4 is 26.6 Å². The second-order valence-corrected chi connectivity index (χ2v) is 10.9. The number of piperidine rings is 1. The average molecular weight is 543 g/mol. The normalized spacial score (nSPS) is 15.6. The minimum absolute atomic E-state index is 0.0882. The van der Waals surface area contributed by atoms with Crippen molar-refractivity contribution in [2.75, 3.05) is 46.7 Å². The molecule has 3 heterocycles. The molecule has 12 heteroatoms. The van der Waals surface area contributed by atoms with Crippen LogP contribution in [0.15, 0.2) is 12.1 Å².